The number of ether oxygens (including phenoxy) is 3. The van der Waals surface area contributed by atoms with Gasteiger partial charge in [0.2, 0.25) is 10.0 Å². The van der Waals surface area contributed by atoms with Crippen LogP contribution in [0.4, 0.5) is 18.9 Å². The summed E-state index contributed by atoms with van der Waals surface area (Å²) in [5.41, 5.74) is 1.25. The van der Waals surface area contributed by atoms with Crippen LogP contribution in [0, 0.1) is 0 Å². The van der Waals surface area contributed by atoms with Crippen LogP contribution in [-0.4, -0.2) is 87.0 Å². The lowest BCUT2D eigenvalue weighted by atomic mass is 9.87. The number of aliphatic hydroxyl groups excluding tert-OH is 1. The van der Waals surface area contributed by atoms with Crippen LogP contribution in [0.25, 0.3) is 0 Å². The number of halogens is 4. The Kier molecular flexibility index (Phi) is 10.0. The van der Waals surface area contributed by atoms with Gasteiger partial charge >= 0.3 is 12.1 Å². The molecule has 0 amide bonds. The highest BCUT2D eigenvalue weighted by atomic mass is 35.5. The predicted molar refractivity (Wildman–Crippen MR) is 141 cm³/mol. The summed E-state index contributed by atoms with van der Waals surface area (Å²) in [4.78, 5) is 11.1. The Morgan fingerprint density at radius 2 is 1.88 bits per heavy atom. The summed E-state index contributed by atoms with van der Waals surface area (Å²) in [5, 5.41) is 18.4. The molecular formula is C25H30ClF3N2O8S. The Bertz CT molecular complexity index is 1300. The van der Waals surface area contributed by atoms with Crippen molar-refractivity contribution in [2.75, 3.05) is 44.3 Å². The van der Waals surface area contributed by atoms with Crippen molar-refractivity contribution < 1.29 is 50.8 Å². The third-order valence-corrected chi connectivity index (χ3v) is 7.08. The van der Waals surface area contributed by atoms with Crippen molar-refractivity contribution in [1.29, 1.82) is 0 Å². The van der Waals surface area contributed by atoms with Crippen LogP contribution in [-0.2, 0) is 21.2 Å². The first-order valence-corrected chi connectivity index (χ1v) is 14.3. The Morgan fingerprint density at radius 1 is 1.23 bits per heavy atom. The first-order valence-electron chi connectivity index (χ1n) is 12.1. The zero-order valence-electron chi connectivity index (χ0n) is 21.7. The van der Waals surface area contributed by atoms with E-state index in [1.54, 1.807) is 18.2 Å². The number of fused-ring (bicyclic) bond motifs is 1. The number of piperidine rings is 1. The highest BCUT2D eigenvalue weighted by Crippen LogP contribution is 2.42. The Morgan fingerprint density at radius 3 is 2.45 bits per heavy atom. The van der Waals surface area contributed by atoms with Crippen LogP contribution in [0.15, 0.2) is 36.4 Å². The van der Waals surface area contributed by atoms with Crippen molar-refractivity contribution in [2.24, 2.45) is 0 Å². The number of aliphatic carboxylic acids is 1. The van der Waals surface area contributed by atoms with Crippen LogP contribution < -0.4 is 18.9 Å². The molecule has 1 saturated heterocycles. The number of carboxylic acids is 1. The largest absolute Gasteiger partial charge is 0.497 e. The molecule has 2 aliphatic heterocycles. The molecule has 3 N–H and O–H groups in total. The highest BCUT2D eigenvalue weighted by molar-refractivity contribution is 7.92. The molecule has 2 aromatic carbocycles. The van der Waals surface area contributed by atoms with E-state index in [2.05, 4.69) is 9.62 Å². The summed E-state index contributed by atoms with van der Waals surface area (Å²) in [6.07, 6.45) is -2.16. The smallest absolute Gasteiger partial charge is 0.490 e. The minimum Gasteiger partial charge on any atom is -0.497 e. The first-order chi connectivity index (χ1) is 18.6. The fourth-order valence-electron chi connectivity index (χ4n) is 4.39. The molecule has 0 radical (unpaired) electrons. The standard InChI is InChI=1S/C23H29ClN2O6S.C2HF3O2/c1-30-19-4-5-20(25-33(2,28)29)22(12-19)31-15-18(27)14-26-9-7-23(8-10-26)13-16-11-17(24)3-6-21(16)32-23;3-2(4,5)1(6)7/h3-6,11-12,18,25,27H,7-10,13-15H2,1-2H3;(H,6,7)/t18-;/m0./s1. The maximum atomic E-state index is 11.6. The van der Waals surface area contributed by atoms with Gasteiger partial charge in [0.25, 0.3) is 0 Å². The lowest BCUT2D eigenvalue weighted by molar-refractivity contribution is -0.192. The molecule has 15 heteroatoms. The summed E-state index contributed by atoms with van der Waals surface area (Å²) in [6, 6.07) is 10.6. The summed E-state index contributed by atoms with van der Waals surface area (Å²) >= 11 is 6.12. The van der Waals surface area contributed by atoms with Crippen LogP contribution in [0.5, 0.6) is 17.2 Å². The molecule has 40 heavy (non-hydrogen) atoms. The van der Waals surface area contributed by atoms with Gasteiger partial charge in [-0.15, -0.1) is 0 Å². The maximum Gasteiger partial charge on any atom is 0.490 e. The van der Waals surface area contributed by atoms with Crippen molar-refractivity contribution in [2.45, 2.75) is 37.1 Å². The molecule has 2 aromatic rings. The quantitative estimate of drug-likeness (QED) is 0.410. The van der Waals surface area contributed by atoms with E-state index in [9.17, 15) is 26.7 Å². The predicted octanol–water partition coefficient (Wildman–Crippen LogP) is 3.56. The first kappa shape index (κ1) is 31.6. The second-order valence-corrected chi connectivity index (χ2v) is 11.7. The second kappa shape index (κ2) is 12.7. The Labute approximate surface area is 234 Å². The number of rotatable bonds is 8. The molecule has 4 rings (SSSR count). The summed E-state index contributed by atoms with van der Waals surface area (Å²) in [6.45, 7) is 2.08. The fourth-order valence-corrected chi connectivity index (χ4v) is 5.16. The van der Waals surface area contributed by atoms with E-state index in [1.807, 2.05) is 18.2 Å². The van der Waals surface area contributed by atoms with Crippen molar-refractivity contribution in [1.82, 2.24) is 4.90 Å². The number of carboxylic acid groups (broad SMARTS) is 1. The number of hydrogen-bond acceptors (Lipinski definition) is 8. The monoisotopic (exact) mass is 610 g/mol. The molecule has 0 aromatic heterocycles. The van der Waals surface area contributed by atoms with Crippen LogP contribution in [0.1, 0.15) is 18.4 Å². The third-order valence-electron chi connectivity index (χ3n) is 6.26. The van der Waals surface area contributed by atoms with E-state index in [0.29, 0.717) is 23.7 Å². The molecule has 1 atom stereocenters. The zero-order chi connectivity index (χ0) is 29.7. The number of sulfonamides is 1. The van der Waals surface area contributed by atoms with Gasteiger partial charge in [0, 0.05) is 50.0 Å². The fraction of sp³-hybridized carbons (Fsp3) is 0.480. The number of carbonyl (C=O) groups is 1. The molecule has 2 heterocycles. The van der Waals surface area contributed by atoms with E-state index >= 15 is 0 Å². The molecule has 10 nitrogen and oxygen atoms in total. The molecule has 0 bridgehead atoms. The van der Waals surface area contributed by atoms with E-state index in [4.69, 9.17) is 35.7 Å². The molecule has 2 aliphatic rings. The van der Waals surface area contributed by atoms with Crippen LogP contribution >= 0.6 is 11.6 Å². The number of nitrogens with zero attached hydrogens (tertiary/aromatic N) is 1. The van der Waals surface area contributed by atoms with Crippen molar-refractivity contribution in [3.8, 4) is 17.2 Å². The van der Waals surface area contributed by atoms with Crippen LogP contribution in [0.2, 0.25) is 5.02 Å². The van der Waals surface area contributed by atoms with Gasteiger partial charge in [-0.3, -0.25) is 4.72 Å². The van der Waals surface area contributed by atoms with E-state index in [-0.39, 0.29) is 12.2 Å². The number of nitrogens with one attached hydrogen (secondary N) is 1. The molecule has 1 spiro atoms. The normalized spacial score (nSPS) is 17.2. The van der Waals surface area contributed by atoms with Gasteiger partial charge in [-0.2, -0.15) is 13.2 Å². The van der Waals surface area contributed by atoms with E-state index in [1.165, 1.54) is 7.11 Å². The molecule has 0 saturated carbocycles. The molecule has 0 unspecified atom stereocenters. The number of benzene rings is 2. The number of methoxy groups -OCH3 is 1. The van der Waals surface area contributed by atoms with Gasteiger partial charge < -0.3 is 29.3 Å². The van der Waals surface area contributed by atoms with Gasteiger partial charge in [-0.25, -0.2) is 13.2 Å². The lowest BCUT2D eigenvalue weighted by Crippen LogP contribution is -2.49. The van der Waals surface area contributed by atoms with Gasteiger partial charge in [-0.1, -0.05) is 11.6 Å². The molecule has 1 fully saturated rings. The zero-order valence-corrected chi connectivity index (χ0v) is 23.3. The topological polar surface area (TPSA) is 135 Å². The summed E-state index contributed by atoms with van der Waals surface area (Å²) in [7, 11) is -1.96. The molecule has 0 aliphatic carbocycles. The molecule has 222 valence electrons. The molecular weight excluding hydrogens is 581 g/mol. The summed E-state index contributed by atoms with van der Waals surface area (Å²) in [5.74, 6) is -1.02. The van der Waals surface area contributed by atoms with Gasteiger partial charge in [-0.05, 0) is 35.9 Å². The van der Waals surface area contributed by atoms with Gasteiger partial charge in [0.15, 0.2) is 0 Å². The van der Waals surface area contributed by atoms with Gasteiger partial charge in [0.05, 0.1) is 19.1 Å². The average Bonchev–Trinajstić information content (AvgIpc) is 3.20. The van der Waals surface area contributed by atoms with E-state index in [0.717, 1.165) is 54.9 Å². The van der Waals surface area contributed by atoms with Gasteiger partial charge in [0.1, 0.15) is 35.6 Å². The maximum absolute atomic E-state index is 11.6. The Hall–Kier alpha value is -2.94. The number of anilines is 1. The average molecular weight is 611 g/mol. The highest BCUT2D eigenvalue weighted by Gasteiger charge is 2.42. The van der Waals surface area contributed by atoms with Crippen molar-refractivity contribution in [3.05, 3.63) is 47.0 Å². The summed E-state index contributed by atoms with van der Waals surface area (Å²) < 4.78 is 74.7. The number of aliphatic hydroxyl groups is 1. The van der Waals surface area contributed by atoms with Crippen molar-refractivity contribution >= 4 is 33.3 Å². The number of likely N-dealkylation sites (tertiary alicyclic amines) is 1. The lowest BCUT2D eigenvalue weighted by Gasteiger charge is -2.39. The number of alkyl halides is 3. The van der Waals surface area contributed by atoms with Crippen molar-refractivity contribution in [3.63, 3.8) is 0 Å². The Balaban J connectivity index is 0.000000559. The number of β-amino-alcohol motifs (C(OH)–C–C–N with tert-alkyl or cyclic N) is 1. The minimum absolute atomic E-state index is 0.0215. The second-order valence-electron chi connectivity index (χ2n) is 9.52. The third kappa shape index (κ3) is 9.04. The number of hydrogen-bond donors (Lipinski definition) is 3. The van der Waals surface area contributed by atoms with E-state index < -0.39 is 28.3 Å². The SMILES string of the molecule is COc1ccc(NS(C)(=O)=O)c(OC[C@@H](O)CN2CCC3(CC2)Cc2cc(Cl)ccc2O3)c1.O=C(O)C(F)(F)F. The van der Waals surface area contributed by atoms with Crippen LogP contribution in [0.3, 0.4) is 0 Å². The minimum atomic E-state index is -5.08.